The molecule has 0 saturated carbocycles. The Morgan fingerprint density at radius 1 is 0.973 bits per heavy atom. The summed E-state index contributed by atoms with van der Waals surface area (Å²) in [5.74, 6) is -4.57. The third kappa shape index (κ3) is 4.22. The number of aromatic amines is 2. The topological polar surface area (TPSA) is 121 Å². The molecule has 3 N–H and O–H groups in total. The van der Waals surface area contributed by atoms with E-state index in [2.05, 4.69) is 20.2 Å². The highest BCUT2D eigenvalue weighted by Gasteiger charge is 2.26. The number of hydrogen-bond donors (Lipinski definition) is 3. The third-order valence-electron chi connectivity index (χ3n) is 5.60. The van der Waals surface area contributed by atoms with E-state index in [1.54, 1.807) is 6.07 Å². The SMILES string of the molecule is Cc1ncc(F)cc1S(=O)(=O)Nc1ccc(F)c(-c2ccc3c(-c4cccc(=O)[nH]4)[nH]nc3c2F)c1F. The standard InChI is InChI=1S/C24H15F4N5O3S/c1-11-18(9-12(25)10-29-11)37(35,36)33-16-8-7-15(26)20(22(16)28)13-5-6-14-23(31-32-24(14)21(13)27)17-3-2-4-19(34)30-17/h2-10,33H,1H3,(H,30,34)(H,31,32). The van der Waals surface area contributed by atoms with Crippen molar-refractivity contribution in [1.82, 2.24) is 20.2 Å². The lowest BCUT2D eigenvalue weighted by atomic mass is 10.0. The van der Waals surface area contributed by atoms with Crippen molar-refractivity contribution < 1.29 is 26.0 Å². The van der Waals surface area contributed by atoms with E-state index in [1.165, 1.54) is 25.1 Å². The van der Waals surface area contributed by atoms with E-state index in [0.717, 1.165) is 24.4 Å². The molecule has 0 spiro atoms. The zero-order valence-electron chi connectivity index (χ0n) is 18.7. The first-order chi connectivity index (χ1) is 17.6. The quantitative estimate of drug-likeness (QED) is 0.287. The second-order valence-corrected chi connectivity index (χ2v) is 9.63. The van der Waals surface area contributed by atoms with E-state index in [-0.39, 0.29) is 22.3 Å². The number of H-pyrrole nitrogens is 2. The van der Waals surface area contributed by atoms with Crippen LogP contribution in [-0.4, -0.2) is 28.6 Å². The maximum Gasteiger partial charge on any atom is 0.263 e. The maximum atomic E-state index is 15.5. The van der Waals surface area contributed by atoms with Crippen molar-refractivity contribution in [2.75, 3.05) is 4.72 Å². The molecule has 3 aromatic heterocycles. The maximum absolute atomic E-state index is 15.5. The zero-order chi connectivity index (χ0) is 26.5. The molecule has 37 heavy (non-hydrogen) atoms. The van der Waals surface area contributed by atoms with Crippen molar-refractivity contribution >= 4 is 26.6 Å². The van der Waals surface area contributed by atoms with Crippen molar-refractivity contribution in [2.45, 2.75) is 11.8 Å². The summed E-state index contributed by atoms with van der Waals surface area (Å²) in [5.41, 5.74) is -2.17. The van der Waals surface area contributed by atoms with Crippen molar-refractivity contribution in [2.24, 2.45) is 0 Å². The Labute approximate surface area is 206 Å². The molecule has 0 saturated heterocycles. The number of aromatic nitrogens is 4. The highest BCUT2D eigenvalue weighted by molar-refractivity contribution is 7.92. The molecule has 5 aromatic rings. The molecule has 5 rings (SSSR count). The number of nitrogens with one attached hydrogen (secondary N) is 3. The van der Waals surface area contributed by atoms with Crippen LogP contribution in [0.3, 0.4) is 0 Å². The van der Waals surface area contributed by atoms with Gasteiger partial charge in [-0.25, -0.2) is 26.0 Å². The Morgan fingerprint density at radius 2 is 1.76 bits per heavy atom. The fourth-order valence-electron chi connectivity index (χ4n) is 3.88. The predicted octanol–water partition coefficient (Wildman–Crippen LogP) is 4.65. The number of benzene rings is 2. The van der Waals surface area contributed by atoms with Crippen molar-refractivity contribution in [3.8, 4) is 22.5 Å². The van der Waals surface area contributed by atoms with Gasteiger partial charge >= 0.3 is 0 Å². The lowest BCUT2D eigenvalue weighted by molar-refractivity contribution is 0.581. The summed E-state index contributed by atoms with van der Waals surface area (Å²) in [6.45, 7) is 1.31. The molecule has 0 atom stereocenters. The van der Waals surface area contributed by atoms with E-state index in [0.29, 0.717) is 11.8 Å². The van der Waals surface area contributed by atoms with Crippen molar-refractivity contribution in [1.29, 1.82) is 0 Å². The van der Waals surface area contributed by atoms with Crippen LogP contribution >= 0.6 is 0 Å². The van der Waals surface area contributed by atoms with Crippen LogP contribution in [0.25, 0.3) is 33.4 Å². The highest BCUT2D eigenvalue weighted by atomic mass is 32.2. The summed E-state index contributed by atoms with van der Waals surface area (Å²) in [7, 11) is -4.53. The minimum atomic E-state index is -4.53. The van der Waals surface area contributed by atoms with Gasteiger partial charge in [0, 0.05) is 17.0 Å². The number of halogens is 4. The number of anilines is 1. The Kier molecular flexibility index (Phi) is 5.79. The fourth-order valence-corrected chi connectivity index (χ4v) is 5.15. The fraction of sp³-hybridized carbons (Fsp3) is 0.0417. The summed E-state index contributed by atoms with van der Waals surface area (Å²) >= 11 is 0. The zero-order valence-corrected chi connectivity index (χ0v) is 19.6. The normalized spacial score (nSPS) is 11.7. The van der Waals surface area contributed by atoms with Crippen molar-refractivity contribution in [3.05, 3.63) is 94.0 Å². The third-order valence-corrected chi connectivity index (χ3v) is 7.09. The van der Waals surface area contributed by atoms with Gasteiger partial charge in [-0.15, -0.1) is 0 Å². The molecular weight excluding hydrogens is 514 g/mol. The summed E-state index contributed by atoms with van der Waals surface area (Å²) in [5, 5.41) is 6.72. The minimum absolute atomic E-state index is 0.0535. The van der Waals surface area contributed by atoms with Crippen LogP contribution in [0.4, 0.5) is 23.2 Å². The molecule has 0 radical (unpaired) electrons. The number of aryl methyl sites for hydroxylation is 1. The van der Waals surface area contributed by atoms with Gasteiger partial charge in [0.1, 0.15) is 22.0 Å². The molecule has 8 nitrogen and oxygen atoms in total. The predicted molar refractivity (Wildman–Crippen MR) is 127 cm³/mol. The van der Waals surface area contributed by atoms with E-state index < -0.39 is 60.6 Å². The van der Waals surface area contributed by atoms with Crippen LogP contribution in [-0.2, 0) is 10.0 Å². The largest absolute Gasteiger partial charge is 0.321 e. The number of pyridine rings is 2. The van der Waals surface area contributed by atoms with Gasteiger partial charge in [0.15, 0.2) is 11.6 Å². The summed E-state index contributed by atoms with van der Waals surface area (Å²) in [6.07, 6.45) is 0.819. The van der Waals surface area contributed by atoms with Gasteiger partial charge in [-0.3, -0.25) is 19.6 Å². The Balaban J connectivity index is 1.61. The number of sulfonamides is 1. The smallest absolute Gasteiger partial charge is 0.263 e. The number of hydrogen-bond acceptors (Lipinski definition) is 5. The second kappa shape index (κ2) is 8.85. The molecule has 0 aliphatic rings. The molecule has 0 fully saturated rings. The lowest BCUT2D eigenvalue weighted by Gasteiger charge is -2.14. The van der Waals surface area contributed by atoms with Crippen molar-refractivity contribution in [3.63, 3.8) is 0 Å². The number of nitrogens with zero attached hydrogens (tertiary/aromatic N) is 2. The van der Waals surface area contributed by atoms with E-state index in [1.807, 2.05) is 4.72 Å². The molecular formula is C24H15F4N5O3S. The second-order valence-electron chi connectivity index (χ2n) is 7.98. The average Bonchev–Trinajstić information content (AvgIpc) is 3.29. The number of rotatable bonds is 5. The first-order valence-corrected chi connectivity index (χ1v) is 12.0. The molecule has 0 unspecified atom stereocenters. The lowest BCUT2D eigenvalue weighted by Crippen LogP contribution is -2.16. The molecule has 3 heterocycles. The minimum Gasteiger partial charge on any atom is -0.321 e. The van der Waals surface area contributed by atoms with Gasteiger partial charge in [0.25, 0.3) is 10.0 Å². The summed E-state index contributed by atoms with van der Waals surface area (Å²) < 4.78 is 86.8. The Hall–Kier alpha value is -4.52. The summed E-state index contributed by atoms with van der Waals surface area (Å²) in [4.78, 5) is 17.3. The van der Waals surface area contributed by atoms with Gasteiger partial charge in [-0.05, 0) is 37.3 Å². The average molecular weight is 529 g/mol. The monoisotopic (exact) mass is 529 g/mol. The van der Waals surface area contributed by atoms with Crippen LogP contribution in [0.15, 0.2) is 64.4 Å². The van der Waals surface area contributed by atoms with Gasteiger partial charge < -0.3 is 4.98 Å². The van der Waals surface area contributed by atoms with Crippen LogP contribution in [0.1, 0.15) is 5.69 Å². The molecule has 0 aliphatic carbocycles. The molecule has 0 aliphatic heterocycles. The van der Waals surface area contributed by atoms with Gasteiger partial charge in [-0.2, -0.15) is 5.10 Å². The Morgan fingerprint density at radius 3 is 2.51 bits per heavy atom. The van der Waals surface area contributed by atoms with Crippen LogP contribution in [0, 0.1) is 30.2 Å². The van der Waals surface area contributed by atoms with Gasteiger partial charge in [-0.1, -0.05) is 12.1 Å². The number of fused-ring (bicyclic) bond motifs is 1. The molecule has 0 amide bonds. The first-order valence-electron chi connectivity index (χ1n) is 10.6. The molecule has 188 valence electrons. The van der Waals surface area contributed by atoms with Gasteiger partial charge in [0.05, 0.1) is 34.5 Å². The highest BCUT2D eigenvalue weighted by Crippen LogP contribution is 2.37. The molecule has 0 bridgehead atoms. The molecule has 13 heteroatoms. The van der Waals surface area contributed by atoms with E-state index >= 15 is 8.78 Å². The Bertz CT molecular complexity index is 1870. The molecule has 2 aromatic carbocycles. The summed E-state index contributed by atoms with van der Waals surface area (Å²) in [6, 6.07) is 9.10. The van der Waals surface area contributed by atoms with Crippen LogP contribution in [0.5, 0.6) is 0 Å². The van der Waals surface area contributed by atoms with Crippen LogP contribution < -0.4 is 10.3 Å². The first kappa shape index (κ1) is 24.2. The van der Waals surface area contributed by atoms with Crippen LogP contribution in [0.2, 0.25) is 0 Å². The van der Waals surface area contributed by atoms with E-state index in [4.69, 9.17) is 0 Å². The van der Waals surface area contributed by atoms with Gasteiger partial charge in [0.2, 0.25) is 5.56 Å². The van der Waals surface area contributed by atoms with E-state index in [9.17, 15) is 22.0 Å².